The number of benzene rings is 2. The highest BCUT2D eigenvalue weighted by Crippen LogP contribution is 2.22. The lowest BCUT2D eigenvalue weighted by Gasteiger charge is -2.07. The first-order chi connectivity index (χ1) is 10.6. The minimum Gasteiger partial charge on any atom is -0.497 e. The van der Waals surface area contributed by atoms with Crippen molar-refractivity contribution in [1.82, 2.24) is 5.32 Å². The van der Waals surface area contributed by atoms with Crippen molar-refractivity contribution in [1.29, 1.82) is 0 Å². The SMILES string of the molecule is COc1ccc(CCNC(=O)Cc2ccc(Cl)c(Cl)c2)cc1. The van der Waals surface area contributed by atoms with Crippen molar-refractivity contribution in [3.8, 4) is 5.75 Å². The van der Waals surface area contributed by atoms with E-state index in [0.717, 1.165) is 23.3 Å². The molecule has 5 heteroatoms. The molecule has 3 nitrogen and oxygen atoms in total. The largest absolute Gasteiger partial charge is 0.497 e. The Hall–Kier alpha value is -1.71. The van der Waals surface area contributed by atoms with Gasteiger partial charge in [0.25, 0.3) is 0 Å². The summed E-state index contributed by atoms with van der Waals surface area (Å²) in [7, 11) is 1.64. The van der Waals surface area contributed by atoms with Gasteiger partial charge in [0.15, 0.2) is 0 Å². The van der Waals surface area contributed by atoms with Gasteiger partial charge in [0.05, 0.1) is 23.6 Å². The molecule has 0 fully saturated rings. The third-order valence-corrected chi connectivity index (χ3v) is 3.98. The van der Waals surface area contributed by atoms with Gasteiger partial charge in [-0.25, -0.2) is 0 Å². The normalized spacial score (nSPS) is 10.3. The van der Waals surface area contributed by atoms with Gasteiger partial charge in [-0.2, -0.15) is 0 Å². The van der Waals surface area contributed by atoms with E-state index >= 15 is 0 Å². The second-order valence-corrected chi connectivity index (χ2v) is 5.69. The quantitative estimate of drug-likeness (QED) is 0.867. The summed E-state index contributed by atoms with van der Waals surface area (Å²) in [6, 6.07) is 13.0. The van der Waals surface area contributed by atoms with Crippen LogP contribution in [0.25, 0.3) is 0 Å². The van der Waals surface area contributed by atoms with Crippen LogP contribution in [0.3, 0.4) is 0 Å². The van der Waals surface area contributed by atoms with Crippen LogP contribution in [0.1, 0.15) is 11.1 Å². The van der Waals surface area contributed by atoms with Crippen LogP contribution >= 0.6 is 23.2 Å². The van der Waals surface area contributed by atoms with Gasteiger partial charge in [0.2, 0.25) is 5.91 Å². The van der Waals surface area contributed by atoms with E-state index < -0.39 is 0 Å². The van der Waals surface area contributed by atoms with Crippen LogP contribution < -0.4 is 10.1 Å². The predicted molar refractivity (Wildman–Crippen MR) is 89.9 cm³/mol. The predicted octanol–water partition coefficient (Wildman–Crippen LogP) is 3.90. The second-order valence-electron chi connectivity index (χ2n) is 4.87. The highest BCUT2D eigenvalue weighted by atomic mass is 35.5. The minimum absolute atomic E-state index is 0.0353. The van der Waals surface area contributed by atoms with Crippen LogP contribution in [0, 0.1) is 0 Å². The van der Waals surface area contributed by atoms with Gasteiger partial charge >= 0.3 is 0 Å². The van der Waals surface area contributed by atoms with E-state index in [-0.39, 0.29) is 5.91 Å². The van der Waals surface area contributed by atoms with E-state index in [1.165, 1.54) is 0 Å². The Labute approximate surface area is 140 Å². The molecule has 2 rings (SSSR count). The van der Waals surface area contributed by atoms with E-state index in [4.69, 9.17) is 27.9 Å². The summed E-state index contributed by atoms with van der Waals surface area (Å²) in [4.78, 5) is 11.9. The molecule has 2 aromatic rings. The van der Waals surface area contributed by atoms with Gasteiger partial charge in [-0.3, -0.25) is 4.79 Å². The molecule has 0 radical (unpaired) electrons. The summed E-state index contributed by atoms with van der Waals surface area (Å²) < 4.78 is 5.11. The number of amides is 1. The first-order valence-electron chi connectivity index (χ1n) is 6.92. The molecule has 2 aromatic carbocycles. The average Bonchev–Trinajstić information content (AvgIpc) is 2.51. The van der Waals surface area contributed by atoms with Crippen molar-refractivity contribution in [2.45, 2.75) is 12.8 Å². The number of hydrogen-bond acceptors (Lipinski definition) is 2. The molecule has 0 aliphatic carbocycles. The smallest absolute Gasteiger partial charge is 0.224 e. The van der Waals surface area contributed by atoms with Gasteiger partial charge in [-0.05, 0) is 41.8 Å². The fourth-order valence-electron chi connectivity index (χ4n) is 2.04. The summed E-state index contributed by atoms with van der Waals surface area (Å²) in [5, 5.41) is 3.85. The van der Waals surface area contributed by atoms with Crippen molar-refractivity contribution >= 4 is 29.1 Å². The molecule has 1 amide bonds. The van der Waals surface area contributed by atoms with Crippen LogP contribution in [0.5, 0.6) is 5.75 Å². The maximum Gasteiger partial charge on any atom is 0.224 e. The van der Waals surface area contributed by atoms with Crippen LogP contribution in [0.4, 0.5) is 0 Å². The summed E-state index contributed by atoms with van der Waals surface area (Å²) >= 11 is 11.8. The van der Waals surface area contributed by atoms with Crippen molar-refractivity contribution in [3.63, 3.8) is 0 Å². The number of carbonyl (C=O) groups is 1. The third kappa shape index (κ3) is 4.93. The number of carbonyl (C=O) groups excluding carboxylic acids is 1. The van der Waals surface area contributed by atoms with E-state index in [0.29, 0.717) is 23.0 Å². The van der Waals surface area contributed by atoms with E-state index in [2.05, 4.69) is 5.32 Å². The molecule has 0 aromatic heterocycles. The molecule has 0 saturated heterocycles. The number of halogens is 2. The Bertz CT molecular complexity index is 642. The number of ether oxygens (including phenoxy) is 1. The van der Waals surface area contributed by atoms with Crippen molar-refractivity contribution < 1.29 is 9.53 Å². The van der Waals surface area contributed by atoms with Gasteiger partial charge < -0.3 is 10.1 Å². The van der Waals surface area contributed by atoms with Crippen LogP contribution in [-0.2, 0) is 17.6 Å². The monoisotopic (exact) mass is 337 g/mol. The minimum atomic E-state index is -0.0353. The summed E-state index contributed by atoms with van der Waals surface area (Å²) in [5.41, 5.74) is 1.99. The first-order valence-corrected chi connectivity index (χ1v) is 7.67. The molecule has 0 spiro atoms. The molecule has 0 atom stereocenters. The van der Waals surface area contributed by atoms with Crippen LogP contribution in [-0.4, -0.2) is 19.6 Å². The fraction of sp³-hybridized carbons (Fsp3) is 0.235. The van der Waals surface area contributed by atoms with Gasteiger partial charge in [-0.1, -0.05) is 41.4 Å². The molecule has 0 bridgehead atoms. The van der Waals surface area contributed by atoms with Crippen molar-refractivity contribution in [2.75, 3.05) is 13.7 Å². The standard InChI is InChI=1S/C17H17Cl2NO2/c1-22-14-5-2-12(3-6-14)8-9-20-17(21)11-13-4-7-15(18)16(19)10-13/h2-7,10H,8-9,11H2,1H3,(H,20,21). The molecule has 0 aliphatic heterocycles. The van der Waals surface area contributed by atoms with Gasteiger partial charge in [0, 0.05) is 6.54 Å². The zero-order chi connectivity index (χ0) is 15.9. The summed E-state index contributed by atoms with van der Waals surface area (Å²) in [5.74, 6) is 0.791. The molecule has 22 heavy (non-hydrogen) atoms. The van der Waals surface area contributed by atoms with Crippen molar-refractivity contribution in [2.24, 2.45) is 0 Å². The Morgan fingerprint density at radius 1 is 1.05 bits per heavy atom. The maximum absolute atomic E-state index is 11.9. The molecule has 0 unspecified atom stereocenters. The molecular weight excluding hydrogens is 321 g/mol. The lowest BCUT2D eigenvalue weighted by atomic mass is 10.1. The number of rotatable bonds is 6. The molecule has 116 valence electrons. The first kappa shape index (κ1) is 16.7. The molecule has 0 heterocycles. The number of methoxy groups -OCH3 is 1. The highest BCUT2D eigenvalue weighted by Gasteiger charge is 2.05. The molecule has 0 saturated carbocycles. The van der Waals surface area contributed by atoms with Crippen LogP contribution in [0.15, 0.2) is 42.5 Å². The lowest BCUT2D eigenvalue weighted by Crippen LogP contribution is -2.27. The Kier molecular flexibility index (Phi) is 6.10. The molecule has 0 aliphatic rings. The number of hydrogen-bond donors (Lipinski definition) is 1. The average molecular weight is 338 g/mol. The molecular formula is C17H17Cl2NO2. The van der Waals surface area contributed by atoms with Gasteiger partial charge in [0.1, 0.15) is 5.75 Å². The number of nitrogens with one attached hydrogen (secondary N) is 1. The second kappa shape index (κ2) is 8.06. The zero-order valence-electron chi connectivity index (χ0n) is 12.2. The molecule has 1 N–H and O–H groups in total. The zero-order valence-corrected chi connectivity index (χ0v) is 13.7. The fourth-order valence-corrected chi connectivity index (χ4v) is 2.36. The topological polar surface area (TPSA) is 38.3 Å². The van der Waals surface area contributed by atoms with E-state index in [1.807, 2.05) is 24.3 Å². The van der Waals surface area contributed by atoms with E-state index in [9.17, 15) is 4.79 Å². The van der Waals surface area contributed by atoms with Crippen molar-refractivity contribution in [3.05, 3.63) is 63.6 Å². The lowest BCUT2D eigenvalue weighted by molar-refractivity contribution is -0.120. The Balaban J connectivity index is 1.78. The summed E-state index contributed by atoms with van der Waals surface area (Å²) in [6.07, 6.45) is 1.07. The van der Waals surface area contributed by atoms with Crippen LogP contribution in [0.2, 0.25) is 10.0 Å². The summed E-state index contributed by atoms with van der Waals surface area (Å²) in [6.45, 7) is 0.590. The highest BCUT2D eigenvalue weighted by molar-refractivity contribution is 6.42. The Morgan fingerprint density at radius 2 is 1.73 bits per heavy atom. The Morgan fingerprint density at radius 3 is 2.36 bits per heavy atom. The maximum atomic E-state index is 11.9. The third-order valence-electron chi connectivity index (χ3n) is 3.24. The van der Waals surface area contributed by atoms with Gasteiger partial charge in [-0.15, -0.1) is 0 Å². The van der Waals surface area contributed by atoms with E-state index in [1.54, 1.807) is 25.3 Å².